The van der Waals surface area contributed by atoms with E-state index >= 15 is 0 Å². The number of thiophene rings is 1. The lowest BCUT2D eigenvalue weighted by Gasteiger charge is -2.33. The van der Waals surface area contributed by atoms with Gasteiger partial charge in [-0.05, 0) is 54.1 Å². The van der Waals surface area contributed by atoms with Gasteiger partial charge in [0.1, 0.15) is 11.8 Å². The number of hydrogen-bond donors (Lipinski definition) is 1. The van der Waals surface area contributed by atoms with Crippen LogP contribution in [-0.2, 0) is 22.6 Å². The minimum Gasteiger partial charge on any atom is -0.467 e. The SMILES string of the molecule is O=C(NC1CCCCC1)C(c1ccc(Cl)cc1)N(Cc1ccco1)C(=O)Cc1cccs1. The highest BCUT2D eigenvalue weighted by atomic mass is 35.5. The molecule has 2 amide bonds. The van der Waals surface area contributed by atoms with Crippen LogP contribution < -0.4 is 5.32 Å². The molecule has 0 saturated heterocycles. The lowest BCUT2D eigenvalue weighted by atomic mass is 9.94. The van der Waals surface area contributed by atoms with Crippen LogP contribution >= 0.6 is 22.9 Å². The van der Waals surface area contributed by atoms with Crippen LogP contribution in [0.1, 0.15) is 54.3 Å². The van der Waals surface area contributed by atoms with Gasteiger partial charge in [-0.3, -0.25) is 9.59 Å². The molecular weight excluding hydrogens is 444 g/mol. The normalized spacial score (nSPS) is 15.3. The molecule has 1 unspecified atom stereocenters. The predicted octanol–water partition coefficient (Wildman–Crippen LogP) is 5.76. The van der Waals surface area contributed by atoms with Crippen LogP contribution in [0.5, 0.6) is 0 Å². The third-order valence-electron chi connectivity index (χ3n) is 5.83. The molecule has 2 aromatic heterocycles. The highest BCUT2D eigenvalue weighted by Crippen LogP contribution is 2.28. The first-order valence-corrected chi connectivity index (χ1v) is 12.3. The van der Waals surface area contributed by atoms with Gasteiger partial charge in [0.15, 0.2) is 0 Å². The van der Waals surface area contributed by atoms with Crippen LogP contribution in [-0.4, -0.2) is 22.8 Å². The van der Waals surface area contributed by atoms with Gasteiger partial charge in [-0.1, -0.05) is 49.1 Å². The number of amides is 2. The number of nitrogens with zero attached hydrogens (tertiary/aromatic N) is 1. The summed E-state index contributed by atoms with van der Waals surface area (Å²) in [5, 5.41) is 5.75. The Bertz CT molecular complexity index is 997. The summed E-state index contributed by atoms with van der Waals surface area (Å²) in [4.78, 5) is 29.7. The number of benzene rings is 1. The first kappa shape index (κ1) is 22.6. The lowest BCUT2D eigenvalue weighted by molar-refractivity contribution is -0.141. The highest BCUT2D eigenvalue weighted by Gasteiger charge is 2.33. The Morgan fingerprint density at radius 1 is 1.09 bits per heavy atom. The van der Waals surface area contributed by atoms with Crippen LogP contribution in [0.15, 0.2) is 64.6 Å². The van der Waals surface area contributed by atoms with Gasteiger partial charge in [0, 0.05) is 15.9 Å². The molecule has 2 heterocycles. The van der Waals surface area contributed by atoms with E-state index < -0.39 is 6.04 Å². The van der Waals surface area contributed by atoms with Crippen molar-refractivity contribution in [3.05, 3.63) is 81.4 Å². The number of carbonyl (C=O) groups is 2. The number of halogens is 1. The second kappa shape index (κ2) is 10.8. The predicted molar refractivity (Wildman–Crippen MR) is 126 cm³/mol. The van der Waals surface area contributed by atoms with E-state index in [1.54, 1.807) is 29.4 Å². The molecule has 1 atom stereocenters. The van der Waals surface area contributed by atoms with Crippen molar-refractivity contribution in [2.75, 3.05) is 0 Å². The largest absolute Gasteiger partial charge is 0.467 e. The molecule has 3 aromatic rings. The molecule has 0 spiro atoms. The maximum absolute atomic E-state index is 13.6. The smallest absolute Gasteiger partial charge is 0.247 e. The zero-order valence-electron chi connectivity index (χ0n) is 17.8. The Hall–Kier alpha value is -2.57. The van der Waals surface area contributed by atoms with Crippen LogP contribution in [0.3, 0.4) is 0 Å². The third kappa shape index (κ3) is 5.81. The second-order valence-electron chi connectivity index (χ2n) is 8.15. The van der Waals surface area contributed by atoms with Crippen molar-refractivity contribution in [1.82, 2.24) is 10.2 Å². The van der Waals surface area contributed by atoms with E-state index in [-0.39, 0.29) is 30.8 Å². The molecular formula is C25H27ClN2O3S. The summed E-state index contributed by atoms with van der Waals surface area (Å²) >= 11 is 7.64. The summed E-state index contributed by atoms with van der Waals surface area (Å²) < 4.78 is 5.54. The Kier molecular flexibility index (Phi) is 7.66. The molecule has 1 saturated carbocycles. The molecule has 0 aliphatic heterocycles. The summed E-state index contributed by atoms with van der Waals surface area (Å²) in [5.74, 6) is 0.349. The fourth-order valence-corrected chi connectivity index (χ4v) is 5.02. The summed E-state index contributed by atoms with van der Waals surface area (Å²) in [7, 11) is 0. The van der Waals surface area contributed by atoms with Gasteiger partial charge < -0.3 is 14.6 Å². The van der Waals surface area contributed by atoms with Gasteiger partial charge >= 0.3 is 0 Å². The molecule has 5 nitrogen and oxygen atoms in total. The molecule has 0 radical (unpaired) electrons. The van der Waals surface area contributed by atoms with Gasteiger partial charge in [0.05, 0.1) is 19.2 Å². The number of carbonyl (C=O) groups excluding carboxylic acids is 2. The number of hydrogen-bond acceptors (Lipinski definition) is 4. The minimum atomic E-state index is -0.772. The highest BCUT2D eigenvalue weighted by molar-refractivity contribution is 7.10. The molecule has 7 heteroatoms. The van der Waals surface area contributed by atoms with Crippen molar-refractivity contribution in [2.24, 2.45) is 0 Å². The first-order chi connectivity index (χ1) is 15.6. The molecule has 1 aliphatic carbocycles. The van der Waals surface area contributed by atoms with Crippen LogP contribution in [0.25, 0.3) is 0 Å². The quantitative estimate of drug-likeness (QED) is 0.455. The van der Waals surface area contributed by atoms with Gasteiger partial charge in [-0.2, -0.15) is 0 Å². The second-order valence-corrected chi connectivity index (χ2v) is 9.62. The summed E-state index contributed by atoms with van der Waals surface area (Å²) in [6.45, 7) is 0.211. The topological polar surface area (TPSA) is 62.6 Å². The average molecular weight is 471 g/mol. The van der Waals surface area contributed by atoms with E-state index in [1.807, 2.05) is 35.7 Å². The van der Waals surface area contributed by atoms with Crippen molar-refractivity contribution in [3.63, 3.8) is 0 Å². The van der Waals surface area contributed by atoms with Crippen molar-refractivity contribution in [3.8, 4) is 0 Å². The van der Waals surface area contributed by atoms with Crippen molar-refractivity contribution < 1.29 is 14.0 Å². The molecule has 4 rings (SSSR count). The summed E-state index contributed by atoms with van der Waals surface area (Å²) in [6, 6.07) is 14.0. The number of nitrogens with one attached hydrogen (secondary N) is 1. The van der Waals surface area contributed by atoms with Crippen molar-refractivity contribution >= 4 is 34.8 Å². The Balaban J connectivity index is 1.66. The molecule has 1 N–H and O–H groups in total. The Morgan fingerprint density at radius 2 is 1.88 bits per heavy atom. The lowest BCUT2D eigenvalue weighted by Crippen LogP contribution is -2.47. The maximum atomic E-state index is 13.6. The Labute approximate surface area is 197 Å². The third-order valence-corrected chi connectivity index (χ3v) is 6.96. The number of furan rings is 1. The van der Waals surface area contributed by atoms with Gasteiger partial charge in [0.25, 0.3) is 0 Å². The van der Waals surface area contributed by atoms with E-state index in [2.05, 4.69) is 5.32 Å². The summed E-state index contributed by atoms with van der Waals surface area (Å²) in [6.07, 6.45) is 7.20. The zero-order valence-corrected chi connectivity index (χ0v) is 19.4. The molecule has 168 valence electrons. The van der Waals surface area contributed by atoms with E-state index in [4.69, 9.17) is 16.0 Å². The first-order valence-electron chi connectivity index (χ1n) is 11.0. The standard InChI is InChI=1S/C25H27ClN2O3S/c26-19-12-10-18(11-13-19)24(25(30)27-20-6-2-1-3-7-20)28(17-21-8-4-14-31-21)23(29)16-22-9-5-15-32-22/h4-5,8-15,20,24H,1-3,6-7,16-17H2,(H,27,30). The van der Waals surface area contributed by atoms with E-state index in [9.17, 15) is 9.59 Å². The van der Waals surface area contributed by atoms with Crippen LogP contribution in [0.2, 0.25) is 5.02 Å². The monoisotopic (exact) mass is 470 g/mol. The van der Waals surface area contributed by atoms with Crippen molar-refractivity contribution in [1.29, 1.82) is 0 Å². The van der Waals surface area contributed by atoms with Gasteiger partial charge in [0.2, 0.25) is 11.8 Å². The van der Waals surface area contributed by atoms with E-state index in [1.165, 1.54) is 17.8 Å². The van der Waals surface area contributed by atoms with Gasteiger partial charge in [-0.15, -0.1) is 11.3 Å². The zero-order chi connectivity index (χ0) is 22.3. The molecule has 1 aliphatic rings. The fourth-order valence-electron chi connectivity index (χ4n) is 4.20. The number of rotatable bonds is 8. The minimum absolute atomic E-state index is 0.123. The van der Waals surface area contributed by atoms with Crippen molar-refractivity contribution in [2.45, 2.75) is 57.2 Å². The molecule has 1 fully saturated rings. The maximum Gasteiger partial charge on any atom is 0.247 e. The van der Waals surface area contributed by atoms with Crippen LogP contribution in [0.4, 0.5) is 0 Å². The fraction of sp³-hybridized carbons (Fsp3) is 0.360. The molecule has 1 aromatic carbocycles. The Morgan fingerprint density at radius 3 is 2.53 bits per heavy atom. The molecule has 0 bridgehead atoms. The summed E-state index contributed by atoms with van der Waals surface area (Å²) in [5.41, 5.74) is 0.730. The molecule has 32 heavy (non-hydrogen) atoms. The van der Waals surface area contributed by atoms with Crippen LogP contribution in [0, 0.1) is 0 Å². The van der Waals surface area contributed by atoms with Gasteiger partial charge in [-0.25, -0.2) is 0 Å². The van der Waals surface area contributed by atoms with E-state index in [0.29, 0.717) is 10.8 Å². The average Bonchev–Trinajstić information content (AvgIpc) is 3.49. The van der Waals surface area contributed by atoms with E-state index in [0.717, 1.165) is 36.1 Å².